The van der Waals surface area contributed by atoms with Crippen molar-refractivity contribution >= 4 is 23.2 Å². The minimum absolute atomic E-state index is 0.0144. The molecule has 1 heterocycles. The molecule has 104 valence electrons. The number of piperidine rings is 1. The predicted molar refractivity (Wildman–Crippen MR) is 78.5 cm³/mol. The lowest BCUT2D eigenvalue weighted by molar-refractivity contribution is -0.117. The Morgan fingerprint density at radius 2 is 2.37 bits per heavy atom. The molecule has 4 nitrogen and oxygen atoms in total. The van der Waals surface area contributed by atoms with Gasteiger partial charge < -0.3 is 11.1 Å². The highest BCUT2D eigenvalue weighted by Crippen LogP contribution is 2.20. The van der Waals surface area contributed by atoms with E-state index >= 15 is 0 Å². The van der Waals surface area contributed by atoms with Crippen LogP contribution in [-0.4, -0.2) is 36.5 Å². The molecule has 1 atom stereocenters. The van der Waals surface area contributed by atoms with Gasteiger partial charge in [-0.15, -0.1) is 0 Å². The number of likely N-dealkylation sites (tertiary alicyclic amines) is 1. The first kappa shape index (κ1) is 14.3. The number of rotatable bonds is 3. The molecule has 1 aliphatic heterocycles. The van der Waals surface area contributed by atoms with Crippen LogP contribution >= 0.6 is 11.6 Å². The Labute approximate surface area is 118 Å². The van der Waals surface area contributed by atoms with Gasteiger partial charge >= 0.3 is 0 Å². The molecule has 0 bridgehead atoms. The van der Waals surface area contributed by atoms with Crippen molar-refractivity contribution in [2.75, 3.05) is 25.0 Å². The van der Waals surface area contributed by atoms with Gasteiger partial charge in [0.25, 0.3) is 0 Å². The van der Waals surface area contributed by atoms with Gasteiger partial charge in [-0.3, -0.25) is 9.69 Å². The fourth-order valence-electron chi connectivity index (χ4n) is 2.36. The Morgan fingerprint density at radius 1 is 1.58 bits per heavy atom. The molecule has 0 saturated carbocycles. The van der Waals surface area contributed by atoms with Crippen LogP contribution in [0.25, 0.3) is 0 Å². The quantitative estimate of drug-likeness (QED) is 0.891. The largest absolute Gasteiger partial charge is 0.327 e. The standard InChI is InChI=1S/C14H20ClN3O/c1-10-4-5-11(15)7-13(10)17-14(19)9-18-6-2-3-12(16)8-18/h4-5,7,12H,2-3,6,8-9,16H2,1H3,(H,17,19)/t12-/m1/s1. The van der Waals surface area contributed by atoms with Crippen molar-refractivity contribution in [1.29, 1.82) is 0 Å². The molecule has 1 aromatic carbocycles. The van der Waals surface area contributed by atoms with Crippen LogP contribution in [0.5, 0.6) is 0 Å². The second-order valence-electron chi connectivity index (χ2n) is 5.14. The summed E-state index contributed by atoms with van der Waals surface area (Å²) in [6.07, 6.45) is 2.11. The highest BCUT2D eigenvalue weighted by Gasteiger charge is 2.19. The molecular formula is C14H20ClN3O. The average Bonchev–Trinajstić information content (AvgIpc) is 2.34. The number of halogens is 1. The number of benzene rings is 1. The average molecular weight is 282 g/mol. The van der Waals surface area contributed by atoms with Crippen molar-refractivity contribution in [3.05, 3.63) is 28.8 Å². The third kappa shape index (κ3) is 4.20. The SMILES string of the molecule is Cc1ccc(Cl)cc1NC(=O)CN1CCC[C@@H](N)C1. The van der Waals surface area contributed by atoms with Gasteiger partial charge in [-0.1, -0.05) is 17.7 Å². The number of nitrogens with one attached hydrogen (secondary N) is 1. The summed E-state index contributed by atoms with van der Waals surface area (Å²) in [5.41, 5.74) is 7.69. The Kier molecular flexibility index (Phi) is 4.80. The van der Waals surface area contributed by atoms with E-state index in [4.69, 9.17) is 17.3 Å². The number of nitrogens with two attached hydrogens (primary N) is 1. The van der Waals surface area contributed by atoms with Gasteiger partial charge in [0, 0.05) is 23.3 Å². The first-order valence-corrected chi connectivity index (χ1v) is 6.96. The maximum atomic E-state index is 12.0. The zero-order chi connectivity index (χ0) is 13.8. The summed E-state index contributed by atoms with van der Waals surface area (Å²) in [7, 11) is 0. The molecule has 1 saturated heterocycles. The van der Waals surface area contributed by atoms with Crippen LogP contribution in [0.15, 0.2) is 18.2 Å². The van der Waals surface area contributed by atoms with E-state index in [1.54, 1.807) is 6.07 Å². The summed E-state index contributed by atoms with van der Waals surface area (Å²) >= 11 is 5.93. The van der Waals surface area contributed by atoms with E-state index in [-0.39, 0.29) is 11.9 Å². The molecule has 2 rings (SSSR count). The molecule has 3 N–H and O–H groups in total. The fraction of sp³-hybridized carbons (Fsp3) is 0.500. The van der Waals surface area contributed by atoms with E-state index in [9.17, 15) is 4.79 Å². The molecule has 1 aromatic rings. The third-order valence-electron chi connectivity index (χ3n) is 3.38. The van der Waals surface area contributed by atoms with E-state index in [2.05, 4.69) is 10.2 Å². The number of amides is 1. The van der Waals surface area contributed by atoms with Crippen LogP contribution in [0, 0.1) is 6.92 Å². The number of anilines is 1. The maximum Gasteiger partial charge on any atom is 0.238 e. The Balaban J connectivity index is 1.92. The van der Waals surface area contributed by atoms with Crippen molar-refractivity contribution in [3.8, 4) is 0 Å². The Hall–Kier alpha value is -1.10. The molecule has 1 amide bonds. The van der Waals surface area contributed by atoms with Crippen molar-refractivity contribution in [2.24, 2.45) is 5.73 Å². The number of nitrogens with zero attached hydrogens (tertiary/aromatic N) is 1. The van der Waals surface area contributed by atoms with E-state index < -0.39 is 0 Å². The lowest BCUT2D eigenvalue weighted by Crippen LogP contribution is -2.45. The summed E-state index contributed by atoms with van der Waals surface area (Å²) in [6, 6.07) is 5.68. The molecule has 0 unspecified atom stereocenters. The molecule has 0 radical (unpaired) electrons. The summed E-state index contributed by atoms with van der Waals surface area (Å²) in [5.74, 6) is -0.0144. The monoisotopic (exact) mass is 281 g/mol. The molecule has 5 heteroatoms. The maximum absolute atomic E-state index is 12.0. The summed E-state index contributed by atoms with van der Waals surface area (Å²) < 4.78 is 0. The zero-order valence-corrected chi connectivity index (χ0v) is 11.9. The number of hydrogen-bond acceptors (Lipinski definition) is 3. The molecule has 1 aliphatic rings. The molecule has 0 aliphatic carbocycles. The van der Waals surface area contributed by atoms with Crippen LogP contribution in [0.4, 0.5) is 5.69 Å². The second-order valence-corrected chi connectivity index (χ2v) is 5.58. The minimum Gasteiger partial charge on any atom is -0.327 e. The van der Waals surface area contributed by atoms with Gasteiger partial charge in [-0.2, -0.15) is 0 Å². The van der Waals surface area contributed by atoms with Crippen molar-refractivity contribution < 1.29 is 4.79 Å². The first-order chi connectivity index (χ1) is 9.04. The van der Waals surface area contributed by atoms with Gasteiger partial charge in [0.1, 0.15) is 0 Å². The predicted octanol–water partition coefficient (Wildman–Crippen LogP) is 2.01. The normalized spacial score (nSPS) is 20.3. The summed E-state index contributed by atoms with van der Waals surface area (Å²) in [4.78, 5) is 14.1. The van der Waals surface area contributed by atoms with Gasteiger partial charge in [-0.05, 0) is 44.0 Å². The first-order valence-electron chi connectivity index (χ1n) is 6.58. The topological polar surface area (TPSA) is 58.4 Å². The number of aryl methyl sites for hydroxylation is 1. The third-order valence-corrected chi connectivity index (χ3v) is 3.62. The van der Waals surface area contributed by atoms with E-state index in [0.717, 1.165) is 37.2 Å². The summed E-state index contributed by atoms with van der Waals surface area (Å²) in [6.45, 7) is 4.07. The Bertz CT molecular complexity index is 464. The van der Waals surface area contributed by atoms with E-state index in [1.165, 1.54) is 0 Å². The fourth-order valence-corrected chi connectivity index (χ4v) is 2.53. The van der Waals surface area contributed by atoms with Crippen LogP contribution in [-0.2, 0) is 4.79 Å². The van der Waals surface area contributed by atoms with Gasteiger partial charge in [0.2, 0.25) is 5.91 Å². The highest BCUT2D eigenvalue weighted by molar-refractivity contribution is 6.31. The van der Waals surface area contributed by atoms with Crippen molar-refractivity contribution in [2.45, 2.75) is 25.8 Å². The smallest absolute Gasteiger partial charge is 0.238 e. The van der Waals surface area contributed by atoms with Gasteiger partial charge in [0.15, 0.2) is 0 Å². The number of carbonyl (C=O) groups is 1. The number of hydrogen-bond donors (Lipinski definition) is 2. The molecule has 1 fully saturated rings. The van der Waals surface area contributed by atoms with Crippen LogP contribution in [0.2, 0.25) is 5.02 Å². The van der Waals surface area contributed by atoms with Crippen LogP contribution < -0.4 is 11.1 Å². The zero-order valence-electron chi connectivity index (χ0n) is 11.2. The lowest BCUT2D eigenvalue weighted by Gasteiger charge is -2.30. The molecule has 19 heavy (non-hydrogen) atoms. The van der Waals surface area contributed by atoms with Crippen molar-refractivity contribution in [1.82, 2.24) is 4.90 Å². The molecule has 0 spiro atoms. The Morgan fingerprint density at radius 3 is 3.11 bits per heavy atom. The van der Waals surface area contributed by atoms with E-state index in [0.29, 0.717) is 11.6 Å². The van der Waals surface area contributed by atoms with Gasteiger partial charge in [-0.25, -0.2) is 0 Å². The van der Waals surface area contributed by atoms with Crippen LogP contribution in [0.1, 0.15) is 18.4 Å². The lowest BCUT2D eigenvalue weighted by atomic mass is 10.1. The number of carbonyl (C=O) groups excluding carboxylic acids is 1. The summed E-state index contributed by atoms with van der Waals surface area (Å²) in [5, 5.41) is 3.53. The van der Waals surface area contributed by atoms with E-state index in [1.807, 2.05) is 19.1 Å². The molecule has 0 aromatic heterocycles. The van der Waals surface area contributed by atoms with Crippen LogP contribution in [0.3, 0.4) is 0 Å². The minimum atomic E-state index is -0.0144. The highest BCUT2D eigenvalue weighted by atomic mass is 35.5. The van der Waals surface area contributed by atoms with Gasteiger partial charge in [0.05, 0.1) is 6.54 Å². The van der Waals surface area contributed by atoms with Crippen molar-refractivity contribution in [3.63, 3.8) is 0 Å². The second kappa shape index (κ2) is 6.37. The molecular weight excluding hydrogens is 262 g/mol.